The molecular weight excluding hydrogens is 222 g/mol. The molecule has 1 heterocycles. The van der Waals surface area contributed by atoms with Crippen LogP contribution in [-0.4, -0.2) is 32.6 Å². The van der Waals surface area contributed by atoms with Crippen molar-refractivity contribution in [1.29, 1.82) is 0 Å². The summed E-state index contributed by atoms with van der Waals surface area (Å²) in [6.07, 6.45) is 2.11. The fourth-order valence-corrected chi connectivity index (χ4v) is 2.83. The molecule has 0 radical (unpaired) electrons. The van der Waals surface area contributed by atoms with Gasteiger partial charge in [-0.05, 0) is 48.5 Å². The Kier molecular flexibility index (Phi) is 4.09. The Labute approximate surface area is 98.8 Å². The molecular formula is C12H16NO2S-. The highest BCUT2D eigenvalue weighted by molar-refractivity contribution is 7.79. The summed E-state index contributed by atoms with van der Waals surface area (Å²) in [6, 6.07) is 10.5. The lowest BCUT2D eigenvalue weighted by molar-refractivity contribution is 0.239. The highest BCUT2D eigenvalue weighted by Gasteiger charge is 2.19. The van der Waals surface area contributed by atoms with E-state index >= 15 is 0 Å². The van der Waals surface area contributed by atoms with Crippen LogP contribution in [0.15, 0.2) is 30.3 Å². The van der Waals surface area contributed by atoms with Gasteiger partial charge in [-0.3, -0.25) is 9.11 Å². The maximum absolute atomic E-state index is 10.6. The molecule has 0 bridgehead atoms. The largest absolute Gasteiger partial charge is 0.771 e. The minimum atomic E-state index is -1.94. The predicted octanol–water partition coefficient (Wildman–Crippen LogP) is 1.70. The molecule has 0 aromatic heterocycles. The van der Waals surface area contributed by atoms with Gasteiger partial charge in [0.1, 0.15) is 0 Å². The summed E-state index contributed by atoms with van der Waals surface area (Å²) in [5.74, 6) is 0.777. The molecule has 1 aromatic carbocycles. The minimum absolute atomic E-state index is 0.182. The summed E-state index contributed by atoms with van der Waals surface area (Å²) in [4.78, 5) is 2.00. The van der Waals surface area contributed by atoms with Gasteiger partial charge in [-0.25, -0.2) is 0 Å². The van der Waals surface area contributed by atoms with Crippen LogP contribution in [0.5, 0.6) is 0 Å². The van der Waals surface area contributed by atoms with Gasteiger partial charge in [0, 0.05) is 0 Å². The highest BCUT2D eigenvalue weighted by atomic mass is 32.2. The first-order valence-corrected chi connectivity index (χ1v) is 6.83. The Morgan fingerprint density at radius 1 is 1.25 bits per heavy atom. The molecule has 1 unspecified atom stereocenters. The van der Waals surface area contributed by atoms with E-state index in [1.165, 1.54) is 5.56 Å². The van der Waals surface area contributed by atoms with Gasteiger partial charge in [-0.1, -0.05) is 30.3 Å². The fourth-order valence-electron chi connectivity index (χ4n) is 2.27. The molecule has 0 saturated carbocycles. The van der Waals surface area contributed by atoms with Crippen molar-refractivity contribution < 1.29 is 8.76 Å². The van der Waals surface area contributed by atoms with Crippen LogP contribution in [0, 0.1) is 0 Å². The van der Waals surface area contributed by atoms with E-state index in [1.54, 1.807) is 0 Å². The summed E-state index contributed by atoms with van der Waals surface area (Å²) in [5.41, 5.74) is 1.38. The van der Waals surface area contributed by atoms with E-state index in [4.69, 9.17) is 0 Å². The molecule has 2 rings (SSSR count). The molecule has 1 atom stereocenters. The van der Waals surface area contributed by atoms with E-state index in [0.29, 0.717) is 5.92 Å². The van der Waals surface area contributed by atoms with Gasteiger partial charge in [0.15, 0.2) is 0 Å². The average Bonchev–Trinajstić information content (AvgIpc) is 2.30. The number of piperidine rings is 1. The molecule has 1 saturated heterocycles. The number of rotatable bonds is 3. The summed E-state index contributed by atoms with van der Waals surface area (Å²) in [7, 11) is 0. The SMILES string of the molecule is O=S([O-])CN1CCC(c2ccccc2)CC1. The maximum atomic E-state index is 10.6. The second-order valence-corrected chi connectivity index (χ2v) is 5.10. The van der Waals surface area contributed by atoms with E-state index in [0.717, 1.165) is 25.9 Å². The average molecular weight is 238 g/mol. The quantitative estimate of drug-likeness (QED) is 0.753. The molecule has 1 aromatic rings. The van der Waals surface area contributed by atoms with Crippen LogP contribution in [0.2, 0.25) is 0 Å². The first-order valence-electron chi connectivity index (χ1n) is 5.59. The Bertz CT molecular complexity index is 347. The van der Waals surface area contributed by atoms with Gasteiger partial charge in [0.25, 0.3) is 0 Å². The Balaban J connectivity index is 1.88. The molecule has 0 spiro atoms. The zero-order valence-electron chi connectivity index (χ0n) is 9.17. The van der Waals surface area contributed by atoms with Gasteiger partial charge in [0.2, 0.25) is 0 Å². The van der Waals surface area contributed by atoms with Gasteiger partial charge < -0.3 is 4.55 Å². The standard InChI is InChI=1S/C12H17NO2S/c14-16(15)10-13-8-6-12(7-9-13)11-4-2-1-3-5-11/h1-5,12H,6-10H2,(H,14,15)/p-1. The zero-order chi connectivity index (χ0) is 11.4. The van der Waals surface area contributed by atoms with Gasteiger partial charge >= 0.3 is 0 Å². The van der Waals surface area contributed by atoms with Crippen LogP contribution in [0.1, 0.15) is 24.3 Å². The van der Waals surface area contributed by atoms with E-state index in [1.807, 2.05) is 11.0 Å². The number of hydrogen-bond donors (Lipinski definition) is 0. The summed E-state index contributed by atoms with van der Waals surface area (Å²) in [6.45, 7) is 1.76. The lowest BCUT2D eigenvalue weighted by Gasteiger charge is -2.32. The third-order valence-corrected chi connectivity index (χ3v) is 3.72. The number of hydrogen-bond acceptors (Lipinski definition) is 3. The van der Waals surface area contributed by atoms with E-state index in [-0.39, 0.29) is 5.88 Å². The maximum Gasteiger partial charge on any atom is 0.0613 e. The fraction of sp³-hybridized carbons (Fsp3) is 0.500. The van der Waals surface area contributed by atoms with Crippen molar-refractivity contribution in [2.24, 2.45) is 0 Å². The predicted molar refractivity (Wildman–Crippen MR) is 63.8 cm³/mol. The molecule has 88 valence electrons. The Morgan fingerprint density at radius 2 is 1.88 bits per heavy atom. The molecule has 0 N–H and O–H groups in total. The topological polar surface area (TPSA) is 43.4 Å². The van der Waals surface area contributed by atoms with Crippen LogP contribution in [0.25, 0.3) is 0 Å². The van der Waals surface area contributed by atoms with Crippen molar-refractivity contribution in [2.75, 3.05) is 19.0 Å². The number of benzene rings is 1. The van der Waals surface area contributed by atoms with E-state index < -0.39 is 11.1 Å². The molecule has 0 aliphatic carbocycles. The molecule has 0 amide bonds. The third-order valence-electron chi connectivity index (χ3n) is 3.15. The van der Waals surface area contributed by atoms with Crippen LogP contribution in [-0.2, 0) is 11.1 Å². The smallest absolute Gasteiger partial charge is 0.0613 e. The van der Waals surface area contributed by atoms with Crippen molar-refractivity contribution in [1.82, 2.24) is 4.90 Å². The zero-order valence-corrected chi connectivity index (χ0v) is 9.99. The van der Waals surface area contributed by atoms with Gasteiger partial charge in [0.05, 0.1) is 5.88 Å². The van der Waals surface area contributed by atoms with Crippen molar-refractivity contribution in [3.05, 3.63) is 35.9 Å². The van der Waals surface area contributed by atoms with Crippen molar-refractivity contribution in [3.63, 3.8) is 0 Å². The van der Waals surface area contributed by atoms with E-state index in [9.17, 15) is 8.76 Å². The molecule has 1 fully saturated rings. The molecule has 16 heavy (non-hydrogen) atoms. The van der Waals surface area contributed by atoms with Gasteiger partial charge in [-0.2, -0.15) is 0 Å². The number of likely N-dealkylation sites (tertiary alicyclic amines) is 1. The lowest BCUT2D eigenvalue weighted by atomic mass is 9.90. The van der Waals surface area contributed by atoms with Crippen LogP contribution >= 0.6 is 0 Å². The molecule has 1 aliphatic heterocycles. The van der Waals surface area contributed by atoms with Crippen molar-refractivity contribution in [2.45, 2.75) is 18.8 Å². The normalized spacial score (nSPS) is 20.8. The second kappa shape index (κ2) is 5.57. The lowest BCUT2D eigenvalue weighted by Crippen LogP contribution is -2.35. The highest BCUT2D eigenvalue weighted by Crippen LogP contribution is 2.27. The Morgan fingerprint density at radius 3 is 2.44 bits per heavy atom. The molecule has 3 nitrogen and oxygen atoms in total. The van der Waals surface area contributed by atoms with Crippen molar-refractivity contribution >= 4 is 11.1 Å². The summed E-state index contributed by atoms with van der Waals surface area (Å²) >= 11 is -1.94. The van der Waals surface area contributed by atoms with Crippen LogP contribution < -0.4 is 0 Å². The second-order valence-electron chi connectivity index (χ2n) is 4.24. The number of nitrogens with zero attached hydrogens (tertiary/aromatic N) is 1. The monoisotopic (exact) mass is 238 g/mol. The molecule has 1 aliphatic rings. The van der Waals surface area contributed by atoms with Crippen LogP contribution in [0.4, 0.5) is 0 Å². The third kappa shape index (κ3) is 3.14. The van der Waals surface area contributed by atoms with Crippen LogP contribution in [0.3, 0.4) is 0 Å². The first-order chi connectivity index (χ1) is 7.75. The minimum Gasteiger partial charge on any atom is -0.771 e. The van der Waals surface area contributed by atoms with Crippen molar-refractivity contribution in [3.8, 4) is 0 Å². The molecule has 4 heteroatoms. The van der Waals surface area contributed by atoms with Gasteiger partial charge in [-0.15, -0.1) is 0 Å². The Hall–Kier alpha value is -0.710. The summed E-state index contributed by atoms with van der Waals surface area (Å²) < 4.78 is 21.2. The first kappa shape index (κ1) is 11.8. The summed E-state index contributed by atoms with van der Waals surface area (Å²) in [5, 5.41) is 0. The van der Waals surface area contributed by atoms with E-state index in [2.05, 4.69) is 24.3 Å².